The summed E-state index contributed by atoms with van der Waals surface area (Å²) < 4.78 is 29.2. The van der Waals surface area contributed by atoms with Gasteiger partial charge in [-0.25, -0.2) is 0 Å². The number of halogens is 2. The van der Waals surface area contributed by atoms with Crippen LogP contribution in [-0.2, 0) is 11.2 Å². The Balaban J connectivity index is 1.67. The summed E-state index contributed by atoms with van der Waals surface area (Å²) in [6.45, 7) is -2.90. The molecule has 1 aliphatic rings. The molecule has 1 atom stereocenters. The molecule has 0 bridgehead atoms. The Labute approximate surface area is 139 Å². The van der Waals surface area contributed by atoms with E-state index in [0.29, 0.717) is 5.56 Å². The monoisotopic (exact) mass is 329 g/mol. The molecule has 2 aromatic rings. The maximum atomic E-state index is 12.4. The van der Waals surface area contributed by atoms with Gasteiger partial charge in [0.25, 0.3) is 0 Å². The number of ether oxygens (including phenoxy) is 1. The van der Waals surface area contributed by atoms with Gasteiger partial charge in [-0.2, -0.15) is 8.78 Å². The SMILES string of the molecule is O=C(/C=C/c1ccccc1OC(F)F)NC1CCc2ccccc21. The molecule has 0 saturated heterocycles. The molecule has 5 heteroatoms. The van der Waals surface area contributed by atoms with Gasteiger partial charge in [-0.3, -0.25) is 4.79 Å². The number of carbonyl (C=O) groups excluding carboxylic acids is 1. The predicted octanol–water partition coefficient (Wildman–Crippen LogP) is 4.10. The molecule has 24 heavy (non-hydrogen) atoms. The first-order valence-electron chi connectivity index (χ1n) is 7.73. The number of hydrogen-bond acceptors (Lipinski definition) is 2. The standard InChI is InChI=1S/C19H17F2NO2/c20-19(21)24-17-8-4-2-6-14(17)10-12-18(23)22-16-11-9-13-5-1-3-7-15(13)16/h1-8,10,12,16,19H,9,11H2,(H,22,23)/b12-10+. The minimum Gasteiger partial charge on any atom is -0.434 e. The Kier molecular flexibility index (Phi) is 4.89. The summed E-state index contributed by atoms with van der Waals surface area (Å²) in [6.07, 6.45) is 4.63. The summed E-state index contributed by atoms with van der Waals surface area (Å²) in [5.41, 5.74) is 2.82. The van der Waals surface area contributed by atoms with Crippen molar-refractivity contribution in [3.8, 4) is 5.75 Å². The molecule has 3 nitrogen and oxygen atoms in total. The lowest BCUT2D eigenvalue weighted by molar-refractivity contribution is -0.117. The van der Waals surface area contributed by atoms with E-state index in [0.717, 1.165) is 18.4 Å². The van der Waals surface area contributed by atoms with Crippen molar-refractivity contribution >= 4 is 12.0 Å². The number of alkyl halides is 2. The van der Waals surface area contributed by atoms with E-state index in [9.17, 15) is 13.6 Å². The highest BCUT2D eigenvalue weighted by atomic mass is 19.3. The molecule has 1 aliphatic carbocycles. The maximum absolute atomic E-state index is 12.4. The van der Waals surface area contributed by atoms with Crippen LogP contribution in [0.4, 0.5) is 8.78 Å². The molecule has 1 amide bonds. The zero-order valence-corrected chi connectivity index (χ0v) is 12.9. The minimum atomic E-state index is -2.90. The molecule has 0 radical (unpaired) electrons. The number of fused-ring (bicyclic) bond motifs is 1. The smallest absolute Gasteiger partial charge is 0.387 e. The van der Waals surface area contributed by atoms with E-state index in [2.05, 4.69) is 16.1 Å². The van der Waals surface area contributed by atoms with Crippen LogP contribution in [0, 0.1) is 0 Å². The molecule has 0 heterocycles. The van der Waals surface area contributed by atoms with E-state index in [1.807, 2.05) is 18.2 Å². The third-order valence-electron chi connectivity index (χ3n) is 4.00. The fraction of sp³-hybridized carbons (Fsp3) is 0.211. The Morgan fingerprint density at radius 3 is 2.75 bits per heavy atom. The molecule has 0 fully saturated rings. The summed E-state index contributed by atoms with van der Waals surface area (Å²) in [6, 6.07) is 14.4. The van der Waals surface area contributed by atoms with Crippen molar-refractivity contribution in [1.82, 2.24) is 5.32 Å². The first-order valence-corrected chi connectivity index (χ1v) is 7.73. The zero-order valence-electron chi connectivity index (χ0n) is 12.9. The first kappa shape index (κ1) is 16.2. The molecule has 0 aromatic heterocycles. The van der Waals surface area contributed by atoms with Crippen molar-refractivity contribution in [2.75, 3.05) is 0 Å². The number of benzene rings is 2. The van der Waals surface area contributed by atoms with E-state index in [-0.39, 0.29) is 17.7 Å². The zero-order chi connectivity index (χ0) is 16.9. The van der Waals surface area contributed by atoms with Crippen LogP contribution in [0.5, 0.6) is 5.75 Å². The number of rotatable bonds is 5. The second-order valence-corrected chi connectivity index (χ2v) is 5.55. The van der Waals surface area contributed by atoms with Crippen LogP contribution in [0.25, 0.3) is 6.08 Å². The molecule has 1 N–H and O–H groups in total. The maximum Gasteiger partial charge on any atom is 0.387 e. The fourth-order valence-electron chi connectivity index (χ4n) is 2.91. The van der Waals surface area contributed by atoms with Crippen LogP contribution >= 0.6 is 0 Å². The Hall–Kier alpha value is -2.69. The van der Waals surface area contributed by atoms with Crippen LogP contribution in [-0.4, -0.2) is 12.5 Å². The lowest BCUT2D eigenvalue weighted by Crippen LogP contribution is -2.25. The van der Waals surface area contributed by atoms with Gasteiger partial charge in [0.2, 0.25) is 5.91 Å². The molecular weight excluding hydrogens is 312 g/mol. The molecule has 1 unspecified atom stereocenters. The Bertz CT molecular complexity index is 759. The van der Waals surface area contributed by atoms with Crippen molar-refractivity contribution in [3.63, 3.8) is 0 Å². The number of nitrogens with one attached hydrogen (secondary N) is 1. The van der Waals surface area contributed by atoms with E-state index in [1.54, 1.807) is 18.2 Å². The van der Waals surface area contributed by atoms with E-state index in [1.165, 1.54) is 23.8 Å². The summed E-state index contributed by atoms with van der Waals surface area (Å²) in [5.74, 6) is -0.216. The predicted molar refractivity (Wildman–Crippen MR) is 87.8 cm³/mol. The summed E-state index contributed by atoms with van der Waals surface area (Å²) in [4.78, 5) is 12.1. The van der Waals surface area contributed by atoms with Crippen molar-refractivity contribution in [2.24, 2.45) is 0 Å². The number of para-hydroxylation sites is 1. The highest BCUT2D eigenvalue weighted by Gasteiger charge is 2.22. The third kappa shape index (κ3) is 3.79. The van der Waals surface area contributed by atoms with E-state index >= 15 is 0 Å². The van der Waals surface area contributed by atoms with Crippen molar-refractivity contribution in [3.05, 3.63) is 71.3 Å². The van der Waals surface area contributed by atoms with E-state index < -0.39 is 6.61 Å². The first-order chi connectivity index (χ1) is 11.6. The molecule has 3 rings (SSSR count). The number of aryl methyl sites for hydroxylation is 1. The second kappa shape index (κ2) is 7.25. The molecule has 0 saturated carbocycles. The van der Waals surface area contributed by atoms with Gasteiger partial charge in [0.15, 0.2) is 0 Å². The van der Waals surface area contributed by atoms with Gasteiger partial charge in [0.05, 0.1) is 6.04 Å². The van der Waals surface area contributed by atoms with Crippen LogP contribution in [0.15, 0.2) is 54.6 Å². The molecule has 0 spiro atoms. The summed E-state index contributed by atoms with van der Waals surface area (Å²) in [7, 11) is 0. The Morgan fingerprint density at radius 2 is 1.92 bits per heavy atom. The minimum absolute atomic E-state index is 0.00842. The van der Waals surface area contributed by atoms with Gasteiger partial charge in [-0.05, 0) is 36.1 Å². The van der Waals surface area contributed by atoms with Crippen molar-refractivity contribution < 1.29 is 18.3 Å². The average molecular weight is 329 g/mol. The van der Waals surface area contributed by atoms with Gasteiger partial charge in [-0.15, -0.1) is 0 Å². The van der Waals surface area contributed by atoms with Gasteiger partial charge < -0.3 is 10.1 Å². The third-order valence-corrected chi connectivity index (χ3v) is 4.00. The lowest BCUT2D eigenvalue weighted by Gasteiger charge is -2.12. The highest BCUT2D eigenvalue weighted by molar-refractivity contribution is 5.92. The second-order valence-electron chi connectivity index (χ2n) is 5.55. The summed E-state index contributed by atoms with van der Waals surface area (Å²) in [5, 5.41) is 2.95. The molecular formula is C19H17F2NO2. The van der Waals surface area contributed by atoms with Gasteiger partial charge in [-0.1, -0.05) is 42.5 Å². The highest BCUT2D eigenvalue weighted by Crippen LogP contribution is 2.30. The number of hydrogen-bond donors (Lipinski definition) is 1. The van der Waals surface area contributed by atoms with Gasteiger partial charge in [0.1, 0.15) is 5.75 Å². The fourth-order valence-corrected chi connectivity index (χ4v) is 2.91. The normalized spacial score (nSPS) is 16.4. The molecule has 2 aromatic carbocycles. The van der Waals surface area contributed by atoms with Crippen LogP contribution in [0.3, 0.4) is 0 Å². The largest absolute Gasteiger partial charge is 0.434 e. The van der Waals surface area contributed by atoms with Gasteiger partial charge in [0, 0.05) is 11.6 Å². The van der Waals surface area contributed by atoms with Crippen molar-refractivity contribution in [2.45, 2.75) is 25.5 Å². The van der Waals surface area contributed by atoms with Crippen LogP contribution in [0.1, 0.15) is 29.2 Å². The lowest BCUT2D eigenvalue weighted by atomic mass is 10.1. The topological polar surface area (TPSA) is 38.3 Å². The summed E-state index contributed by atoms with van der Waals surface area (Å²) >= 11 is 0. The average Bonchev–Trinajstić information content (AvgIpc) is 2.97. The van der Waals surface area contributed by atoms with Gasteiger partial charge >= 0.3 is 6.61 Å². The molecule has 124 valence electrons. The quantitative estimate of drug-likeness (QED) is 0.839. The van der Waals surface area contributed by atoms with Crippen LogP contribution in [0.2, 0.25) is 0 Å². The Morgan fingerprint density at radius 1 is 1.17 bits per heavy atom. The van der Waals surface area contributed by atoms with E-state index in [4.69, 9.17) is 0 Å². The van der Waals surface area contributed by atoms with Crippen LogP contribution < -0.4 is 10.1 Å². The number of carbonyl (C=O) groups is 1. The van der Waals surface area contributed by atoms with Crippen molar-refractivity contribution in [1.29, 1.82) is 0 Å². The molecule has 0 aliphatic heterocycles. The number of amides is 1.